The van der Waals surface area contributed by atoms with Crippen molar-refractivity contribution in [2.45, 2.75) is 0 Å². The second kappa shape index (κ2) is 5.29. The number of nitrogens with one attached hydrogen (secondary N) is 1. The Hall–Kier alpha value is -0.710. The standard InChI is InChI=1S/C12H9Br2ClN2/c13-7-1-3-10(16)12(5-7)17-11-4-2-8(15)6-9(11)14/h1-6,17H,16H2. The van der Waals surface area contributed by atoms with Crippen molar-refractivity contribution in [2.24, 2.45) is 0 Å². The Morgan fingerprint density at radius 3 is 2.47 bits per heavy atom. The lowest BCUT2D eigenvalue weighted by molar-refractivity contribution is 1.51. The minimum Gasteiger partial charge on any atom is -0.397 e. The van der Waals surface area contributed by atoms with Gasteiger partial charge in [0.25, 0.3) is 0 Å². The zero-order valence-corrected chi connectivity index (χ0v) is 12.6. The fourth-order valence-electron chi connectivity index (χ4n) is 1.37. The summed E-state index contributed by atoms with van der Waals surface area (Å²) < 4.78 is 1.86. The van der Waals surface area contributed by atoms with Crippen LogP contribution in [-0.4, -0.2) is 0 Å². The number of nitrogens with two attached hydrogens (primary N) is 1. The van der Waals surface area contributed by atoms with Crippen LogP contribution in [0, 0.1) is 0 Å². The first-order valence-electron chi connectivity index (χ1n) is 4.83. The van der Waals surface area contributed by atoms with Crippen LogP contribution in [0.1, 0.15) is 0 Å². The molecule has 0 aliphatic rings. The average molecular weight is 376 g/mol. The highest BCUT2D eigenvalue weighted by Gasteiger charge is 2.04. The first-order chi connectivity index (χ1) is 8.06. The maximum absolute atomic E-state index is 5.89. The number of nitrogen functional groups attached to an aromatic ring is 1. The van der Waals surface area contributed by atoms with E-state index < -0.39 is 0 Å². The summed E-state index contributed by atoms with van der Waals surface area (Å²) in [6.45, 7) is 0. The summed E-state index contributed by atoms with van der Waals surface area (Å²) in [7, 11) is 0. The van der Waals surface area contributed by atoms with Crippen LogP contribution in [-0.2, 0) is 0 Å². The lowest BCUT2D eigenvalue weighted by atomic mass is 10.2. The van der Waals surface area contributed by atoms with Crippen molar-refractivity contribution in [3.63, 3.8) is 0 Å². The third-order valence-corrected chi connectivity index (χ3v) is 3.60. The molecular weight excluding hydrogens is 367 g/mol. The molecule has 2 nitrogen and oxygen atoms in total. The minimum absolute atomic E-state index is 0.685. The predicted octanol–water partition coefficient (Wildman–Crippen LogP) is 5.19. The zero-order chi connectivity index (χ0) is 12.4. The molecule has 0 aromatic heterocycles. The largest absolute Gasteiger partial charge is 0.397 e. The van der Waals surface area contributed by atoms with Crippen LogP contribution < -0.4 is 11.1 Å². The summed E-state index contributed by atoms with van der Waals surface area (Å²) in [5.74, 6) is 0. The highest BCUT2D eigenvalue weighted by molar-refractivity contribution is 9.10. The number of anilines is 3. The van der Waals surface area contributed by atoms with E-state index in [2.05, 4.69) is 37.2 Å². The molecule has 0 bridgehead atoms. The van der Waals surface area contributed by atoms with E-state index in [9.17, 15) is 0 Å². The van der Waals surface area contributed by atoms with Crippen LogP contribution in [0.4, 0.5) is 17.1 Å². The average Bonchev–Trinajstić information content (AvgIpc) is 2.27. The Bertz CT molecular complexity index is 558. The van der Waals surface area contributed by atoms with Gasteiger partial charge in [-0.2, -0.15) is 0 Å². The molecule has 0 atom stereocenters. The number of hydrogen-bond acceptors (Lipinski definition) is 2. The van der Waals surface area contributed by atoms with E-state index in [-0.39, 0.29) is 0 Å². The molecule has 0 aliphatic heterocycles. The maximum Gasteiger partial charge on any atom is 0.0629 e. The summed E-state index contributed by atoms with van der Waals surface area (Å²) in [6, 6.07) is 11.2. The van der Waals surface area contributed by atoms with Gasteiger partial charge in [0.15, 0.2) is 0 Å². The van der Waals surface area contributed by atoms with E-state index >= 15 is 0 Å². The van der Waals surface area contributed by atoms with Gasteiger partial charge in [0.2, 0.25) is 0 Å². The lowest BCUT2D eigenvalue weighted by Crippen LogP contribution is -1.96. The van der Waals surface area contributed by atoms with Crippen molar-refractivity contribution >= 4 is 60.5 Å². The van der Waals surface area contributed by atoms with Gasteiger partial charge in [-0.25, -0.2) is 0 Å². The third kappa shape index (κ3) is 3.15. The quantitative estimate of drug-likeness (QED) is 0.708. The first-order valence-corrected chi connectivity index (χ1v) is 6.80. The van der Waals surface area contributed by atoms with Crippen LogP contribution in [0.3, 0.4) is 0 Å². The Balaban J connectivity index is 2.34. The highest BCUT2D eigenvalue weighted by atomic mass is 79.9. The smallest absolute Gasteiger partial charge is 0.0629 e. The number of halogens is 3. The summed E-state index contributed by atoms with van der Waals surface area (Å²) in [6.07, 6.45) is 0. The van der Waals surface area contributed by atoms with E-state index in [0.29, 0.717) is 10.7 Å². The van der Waals surface area contributed by atoms with Crippen LogP contribution in [0.25, 0.3) is 0 Å². The molecule has 17 heavy (non-hydrogen) atoms. The fourth-order valence-corrected chi connectivity index (χ4v) is 2.52. The second-order valence-corrected chi connectivity index (χ2v) is 5.69. The van der Waals surface area contributed by atoms with Crippen molar-refractivity contribution in [3.8, 4) is 0 Å². The van der Waals surface area contributed by atoms with Crippen LogP contribution >= 0.6 is 43.5 Å². The molecule has 3 N–H and O–H groups in total. The predicted molar refractivity (Wildman–Crippen MR) is 81.0 cm³/mol. The molecule has 0 spiro atoms. The minimum atomic E-state index is 0.685. The molecule has 0 aliphatic carbocycles. The zero-order valence-electron chi connectivity index (χ0n) is 8.68. The highest BCUT2D eigenvalue weighted by Crippen LogP contribution is 2.32. The van der Waals surface area contributed by atoms with Gasteiger partial charge in [0.1, 0.15) is 0 Å². The molecule has 2 rings (SSSR count). The van der Waals surface area contributed by atoms with Crippen molar-refractivity contribution < 1.29 is 0 Å². The Morgan fingerprint density at radius 2 is 1.76 bits per heavy atom. The van der Waals surface area contributed by atoms with E-state index in [1.54, 1.807) is 0 Å². The normalized spacial score (nSPS) is 10.3. The molecule has 2 aromatic carbocycles. The van der Waals surface area contributed by atoms with Crippen LogP contribution in [0.15, 0.2) is 45.3 Å². The van der Waals surface area contributed by atoms with Gasteiger partial charge in [-0.3, -0.25) is 0 Å². The summed E-state index contributed by atoms with van der Waals surface area (Å²) >= 11 is 12.7. The van der Waals surface area contributed by atoms with Gasteiger partial charge in [0.05, 0.1) is 17.1 Å². The maximum atomic E-state index is 5.89. The molecule has 0 radical (unpaired) electrons. The number of hydrogen-bond donors (Lipinski definition) is 2. The van der Waals surface area contributed by atoms with Gasteiger partial charge in [-0.1, -0.05) is 27.5 Å². The van der Waals surface area contributed by atoms with Crippen molar-refractivity contribution in [2.75, 3.05) is 11.1 Å². The molecule has 2 aromatic rings. The van der Waals surface area contributed by atoms with Gasteiger partial charge in [-0.05, 0) is 52.3 Å². The SMILES string of the molecule is Nc1ccc(Br)cc1Nc1ccc(Cl)cc1Br. The lowest BCUT2D eigenvalue weighted by Gasteiger charge is -2.11. The van der Waals surface area contributed by atoms with E-state index in [1.165, 1.54) is 0 Å². The Labute approximate surface area is 121 Å². The molecule has 0 fully saturated rings. The molecule has 88 valence electrons. The summed E-state index contributed by atoms with van der Waals surface area (Å²) in [5, 5.41) is 3.93. The monoisotopic (exact) mass is 374 g/mol. The molecular formula is C12H9Br2ClN2. The molecule has 0 saturated carbocycles. The van der Waals surface area contributed by atoms with Crippen LogP contribution in [0.2, 0.25) is 5.02 Å². The van der Waals surface area contributed by atoms with Crippen LogP contribution in [0.5, 0.6) is 0 Å². The summed E-state index contributed by atoms with van der Waals surface area (Å²) in [5.41, 5.74) is 8.35. The molecule has 0 unspecified atom stereocenters. The van der Waals surface area contributed by atoms with Crippen molar-refractivity contribution in [1.29, 1.82) is 0 Å². The second-order valence-electron chi connectivity index (χ2n) is 3.48. The third-order valence-electron chi connectivity index (χ3n) is 2.22. The van der Waals surface area contributed by atoms with E-state index in [1.807, 2.05) is 36.4 Å². The van der Waals surface area contributed by atoms with Crippen molar-refractivity contribution in [1.82, 2.24) is 0 Å². The summed E-state index contributed by atoms with van der Waals surface area (Å²) in [4.78, 5) is 0. The van der Waals surface area contributed by atoms with E-state index in [4.69, 9.17) is 17.3 Å². The fraction of sp³-hybridized carbons (Fsp3) is 0. The van der Waals surface area contributed by atoms with Gasteiger partial charge < -0.3 is 11.1 Å². The molecule has 0 saturated heterocycles. The van der Waals surface area contributed by atoms with E-state index in [0.717, 1.165) is 20.3 Å². The van der Waals surface area contributed by atoms with Crippen molar-refractivity contribution in [3.05, 3.63) is 50.4 Å². The van der Waals surface area contributed by atoms with Gasteiger partial charge in [0, 0.05) is 14.0 Å². The Morgan fingerprint density at radius 1 is 1.00 bits per heavy atom. The first kappa shape index (κ1) is 12.7. The Kier molecular flexibility index (Phi) is 3.97. The number of rotatable bonds is 2. The van der Waals surface area contributed by atoms with Gasteiger partial charge in [-0.15, -0.1) is 0 Å². The number of benzene rings is 2. The topological polar surface area (TPSA) is 38.0 Å². The molecule has 0 amide bonds. The molecule has 5 heteroatoms. The van der Waals surface area contributed by atoms with Gasteiger partial charge >= 0.3 is 0 Å². The molecule has 0 heterocycles.